The van der Waals surface area contributed by atoms with Crippen molar-refractivity contribution in [2.24, 2.45) is 0 Å². The average Bonchev–Trinajstić information content (AvgIpc) is 3.08. The summed E-state index contributed by atoms with van der Waals surface area (Å²) in [6.07, 6.45) is 1.63. The lowest BCUT2D eigenvalue weighted by Crippen LogP contribution is -2.24. The predicted molar refractivity (Wildman–Crippen MR) is 124 cm³/mol. The first-order chi connectivity index (χ1) is 16.0. The number of rotatable bonds is 6. The highest BCUT2D eigenvalue weighted by Gasteiger charge is 2.38. The third kappa shape index (κ3) is 4.55. The first kappa shape index (κ1) is 22.0. The second kappa shape index (κ2) is 9.53. The van der Waals surface area contributed by atoms with Gasteiger partial charge in [0.1, 0.15) is 18.2 Å². The molecular weight excluding hydrogens is 421 g/mol. The summed E-state index contributed by atoms with van der Waals surface area (Å²) in [4.78, 5) is 27.4. The largest absolute Gasteiger partial charge is 0.488 e. The van der Waals surface area contributed by atoms with Crippen LogP contribution in [0.4, 0.5) is 10.1 Å². The van der Waals surface area contributed by atoms with Gasteiger partial charge in [0.2, 0.25) is 0 Å². The number of nitrogens with zero attached hydrogens (tertiary/aromatic N) is 1. The molecule has 0 atom stereocenters. The molecule has 0 saturated heterocycles. The van der Waals surface area contributed by atoms with Gasteiger partial charge in [-0.25, -0.2) is 9.18 Å². The predicted octanol–water partition coefficient (Wildman–Crippen LogP) is 5.28. The average molecular weight is 443 g/mol. The highest BCUT2D eigenvalue weighted by Crippen LogP contribution is 2.36. The highest BCUT2D eigenvalue weighted by molar-refractivity contribution is 6.23. The summed E-state index contributed by atoms with van der Waals surface area (Å²) < 4.78 is 24.4. The minimum Gasteiger partial charge on any atom is -0.488 e. The van der Waals surface area contributed by atoms with E-state index in [1.54, 1.807) is 19.1 Å². The lowest BCUT2D eigenvalue weighted by Gasteiger charge is -2.17. The lowest BCUT2D eigenvalue weighted by molar-refractivity contribution is -0.136. The number of esters is 1. The van der Waals surface area contributed by atoms with Gasteiger partial charge in [0.25, 0.3) is 5.91 Å². The fraction of sp³-hybridized carbons (Fsp3) is 0.111. The molecule has 166 valence electrons. The Labute approximate surface area is 191 Å². The van der Waals surface area contributed by atoms with E-state index in [4.69, 9.17) is 9.47 Å². The Kier molecular flexibility index (Phi) is 6.36. The molecule has 0 fully saturated rings. The fourth-order valence-corrected chi connectivity index (χ4v) is 3.70. The van der Waals surface area contributed by atoms with Gasteiger partial charge in [-0.05, 0) is 48.9 Å². The molecule has 0 bridgehead atoms. The van der Waals surface area contributed by atoms with Crippen LogP contribution < -0.4 is 9.64 Å². The number of para-hydroxylation sites is 1. The lowest BCUT2D eigenvalue weighted by atomic mass is 10.0. The molecular formula is C27H22FNO4. The van der Waals surface area contributed by atoms with Gasteiger partial charge in [-0.2, -0.15) is 0 Å². The quantitative estimate of drug-likeness (QED) is 0.384. The number of benzene rings is 3. The Hall–Kier alpha value is -4.19. The van der Waals surface area contributed by atoms with Crippen LogP contribution in [-0.4, -0.2) is 19.0 Å². The van der Waals surface area contributed by atoms with E-state index in [9.17, 15) is 14.0 Å². The number of carbonyl (C=O) groups excluding carboxylic acids is 2. The van der Waals surface area contributed by atoms with Gasteiger partial charge in [-0.3, -0.25) is 9.69 Å². The number of methoxy groups -OCH3 is 1. The van der Waals surface area contributed by atoms with Gasteiger partial charge in [0, 0.05) is 16.9 Å². The smallest absolute Gasteiger partial charge is 0.340 e. The summed E-state index contributed by atoms with van der Waals surface area (Å²) in [7, 11) is 1.27. The summed E-state index contributed by atoms with van der Waals surface area (Å²) in [5.41, 5.74) is 2.85. The van der Waals surface area contributed by atoms with Crippen LogP contribution in [0.1, 0.15) is 18.1 Å². The molecule has 0 spiro atoms. The Morgan fingerprint density at radius 3 is 2.33 bits per heavy atom. The standard InChI is InChI=1S/C27H22FNO4/c1-18-25(27(31)32-2)23(26(30)29(18)22-14-12-21(28)13-15-22)16-20-10-6-7-11-24(20)33-17-19-8-4-3-5-9-19/h3-16H,17H2,1-2H3/b23-16-. The van der Waals surface area contributed by atoms with Crippen molar-refractivity contribution >= 4 is 23.6 Å². The van der Waals surface area contributed by atoms with Crippen LogP contribution in [0.5, 0.6) is 5.75 Å². The van der Waals surface area contributed by atoms with Gasteiger partial charge in [-0.1, -0.05) is 48.5 Å². The third-order valence-electron chi connectivity index (χ3n) is 5.33. The second-order valence-corrected chi connectivity index (χ2v) is 7.44. The van der Waals surface area contributed by atoms with E-state index in [1.165, 1.54) is 36.3 Å². The molecule has 3 aromatic carbocycles. The summed E-state index contributed by atoms with van der Waals surface area (Å²) in [5.74, 6) is -0.874. The Bertz CT molecular complexity index is 1250. The summed E-state index contributed by atoms with van der Waals surface area (Å²) >= 11 is 0. The minimum atomic E-state index is -0.626. The Morgan fingerprint density at radius 2 is 1.64 bits per heavy atom. The number of hydrogen-bond acceptors (Lipinski definition) is 4. The van der Waals surface area contributed by atoms with Crippen LogP contribution in [0.3, 0.4) is 0 Å². The van der Waals surface area contributed by atoms with Gasteiger partial charge >= 0.3 is 5.97 Å². The van der Waals surface area contributed by atoms with Gasteiger partial charge in [0.15, 0.2) is 0 Å². The maximum Gasteiger partial charge on any atom is 0.340 e. The van der Waals surface area contributed by atoms with Gasteiger partial charge in [-0.15, -0.1) is 0 Å². The van der Waals surface area contributed by atoms with Crippen LogP contribution >= 0.6 is 0 Å². The SMILES string of the molecule is COC(=O)C1=C(C)N(c2ccc(F)cc2)C(=O)/C1=C\c1ccccc1OCc1ccccc1. The zero-order valence-corrected chi connectivity index (χ0v) is 18.2. The molecule has 4 rings (SSSR count). The van der Waals surface area contributed by atoms with E-state index in [2.05, 4.69) is 0 Å². The van der Waals surface area contributed by atoms with Crippen LogP contribution in [0, 0.1) is 5.82 Å². The summed E-state index contributed by atoms with van der Waals surface area (Å²) in [6.45, 7) is 2.02. The Morgan fingerprint density at radius 1 is 0.970 bits per heavy atom. The number of amides is 1. The third-order valence-corrected chi connectivity index (χ3v) is 5.33. The molecule has 33 heavy (non-hydrogen) atoms. The molecule has 1 heterocycles. The number of hydrogen-bond donors (Lipinski definition) is 0. The van der Waals surface area contributed by atoms with Crippen molar-refractivity contribution in [3.05, 3.63) is 113 Å². The highest BCUT2D eigenvalue weighted by atomic mass is 19.1. The number of allylic oxidation sites excluding steroid dienone is 1. The molecule has 0 saturated carbocycles. The zero-order chi connectivity index (χ0) is 23.4. The van der Waals surface area contributed by atoms with E-state index in [1.807, 2.05) is 48.5 Å². The van der Waals surface area contributed by atoms with Crippen LogP contribution in [0.15, 0.2) is 95.7 Å². The maximum atomic E-state index is 13.4. The summed E-state index contributed by atoms with van der Waals surface area (Å²) in [6, 6.07) is 22.5. The molecule has 3 aromatic rings. The molecule has 0 aliphatic carbocycles. The molecule has 1 aliphatic rings. The van der Waals surface area contributed by atoms with Gasteiger partial charge in [0.05, 0.1) is 18.3 Å². The monoisotopic (exact) mass is 443 g/mol. The van der Waals surface area contributed by atoms with Crippen LogP contribution in [0.25, 0.3) is 6.08 Å². The van der Waals surface area contributed by atoms with Crippen molar-refractivity contribution in [3.63, 3.8) is 0 Å². The molecule has 0 N–H and O–H groups in total. The number of anilines is 1. The van der Waals surface area contributed by atoms with E-state index in [-0.39, 0.29) is 11.1 Å². The second-order valence-electron chi connectivity index (χ2n) is 7.44. The first-order valence-electron chi connectivity index (χ1n) is 10.4. The molecule has 0 radical (unpaired) electrons. The topological polar surface area (TPSA) is 55.8 Å². The summed E-state index contributed by atoms with van der Waals surface area (Å²) in [5, 5.41) is 0. The van der Waals surface area contributed by atoms with Crippen molar-refractivity contribution < 1.29 is 23.5 Å². The van der Waals surface area contributed by atoms with Crippen molar-refractivity contribution in [3.8, 4) is 5.75 Å². The molecule has 5 nitrogen and oxygen atoms in total. The van der Waals surface area contributed by atoms with E-state index < -0.39 is 17.7 Å². The fourth-order valence-electron chi connectivity index (χ4n) is 3.70. The van der Waals surface area contributed by atoms with Crippen LogP contribution in [0.2, 0.25) is 0 Å². The number of halogens is 1. The molecule has 1 aliphatic heterocycles. The molecule has 0 unspecified atom stereocenters. The molecule has 6 heteroatoms. The normalized spacial score (nSPS) is 14.7. The zero-order valence-electron chi connectivity index (χ0n) is 18.2. The van der Waals surface area contributed by atoms with Crippen molar-refractivity contribution in [1.82, 2.24) is 0 Å². The Balaban J connectivity index is 1.73. The van der Waals surface area contributed by atoms with Crippen molar-refractivity contribution in [2.75, 3.05) is 12.0 Å². The van der Waals surface area contributed by atoms with Crippen molar-refractivity contribution in [2.45, 2.75) is 13.5 Å². The van der Waals surface area contributed by atoms with Crippen LogP contribution in [-0.2, 0) is 20.9 Å². The number of carbonyl (C=O) groups is 2. The van der Waals surface area contributed by atoms with E-state index in [0.717, 1.165) is 5.56 Å². The van der Waals surface area contributed by atoms with Gasteiger partial charge < -0.3 is 9.47 Å². The molecule has 0 aromatic heterocycles. The first-order valence-corrected chi connectivity index (χ1v) is 10.4. The molecule has 1 amide bonds. The number of ether oxygens (including phenoxy) is 2. The van der Waals surface area contributed by atoms with E-state index in [0.29, 0.717) is 29.3 Å². The van der Waals surface area contributed by atoms with Crippen molar-refractivity contribution in [1.29, 1.82) is 0 Å². The minimum absolute atomic E-state index is 0.157. The van der Waals surface area contributed by atoms with E-state index >= 15 is 0 Å². The maximum absolute atomic E-state index is 13.4.